The molecule has 0 radical (unpaired) electrons. The first kappa shape index (κ1) is 22.3. The van der Waals surface area contributed by atoms with Crippen molar-refractivity contribution in [2.24, 2.45) is 11.3 Å². The second-order valence-corrected chi connectivity index (χ2v) is 9.36. The van der Waals surface area contributed by atoms with E-state index in [0.29, 0.717) is 32.2 Å². The third-order valence-electron chi connectivity index (χ3n) is 7.11. The number of nitrogens with zero attached hydrogens (tertiary/aromatic N) is 1. The number of hydrogen-bond donors (Lipinski definition) is 2. The molecule has 8 heteroatoms. The predicted molar refractivity (Wildman–Crippen MR) is 116 cm³/mol. The van der Waals surface area contributed by atoms with E-state index in [1.165, 1.54) is 4.90 Å². The number of ether oxygens (including phenoxy) is 1. The van der Waals surface area contributed by atoms with Gasteiger partial charge in [-0.15, -0.1) is 0 Å². The van der Waals surface area contributed by atoms with Gasteiger partial charge in [-0.05, 0) is 43.1 Å². The number of carbonyl (C=O) groups is 4. The predicted octanol–water partition coefficient (Wildman–Crippen LogP) is 2.17. The molecule has 2 saturated heterocycles. The fourth-order valence-electron chi connectivity index (χ4n) is 5.38. The van der Waals surface area contributed by atoms with E-state index in [-0.39, 0.29) is 36.2 Å². The Morgan fingerprint density at radius 2 is 2.00 bits per heavy atom. The summed E-state index contributed by atoms with van der Waals surface area (Å²) >= 11 is 0. The van der Waals surface area contributed by atoms with E-state index < -0.39 is 18.2 Å². The monoisotopic (exact) mass is 441 g/mol. The number of hydrogen-bond acceptors (Lipinski definition) is 5. The van der Waals surface area contributed by atoms with Crippen LogP contribution in [0.5, 0.6) is 0 Å². The molecule has 1 aromatic carbocycles. The molecule has 1 saturated carbocycles. The highest BCUT2D eigenvalue weighted by Gasteiger charge is 2.50. The van der Waals surface area contributed by atoms with E-state index in [1.807, 2.05) is 30.3 Å². The van der Waals surface area contributed by atoms with Crippen LogP contribution in [0.25, 0.3) is 0 Å². The molecule has 1 unspecified atom stereocenters. The van der Waals surface area contributed by atoms with E-state index in [2.05, 4.69) is 10.6 Å². The Morgan fingerprint density at radius 3 is 2.66 bits per heavy atom. The minimum atomic E-state index is -0.751. The van der Waals surface area contributed by atoms with Crippen molar-refractivity contribution in [3.05, 3.63) is 35.9 Å². The van der Waals surface area contributed by atoms with Crippen LogP contribution in [0.4, 0.5) is 4.79 Å². The molecule has 3 aliphatic rings. The van der Waals surface area contributed by atoms with Crippen LogP contribution in [-0.2, 0) is 25.7 Å². The lowest BCUT2D eigenvalue weighted by atomic mass is 9.84. The van der Waals surface area contributed by atoms with Gasteiger partial charge in [0.25, 0.3) is 0 Å². The average molecular weight is 442 g/mol. The number of likely N-dealkylation sites (tertiary alicyclic amines) is 1. The van der Waals surface area contributed by atoms with Crippen LogP contribution in [0.2, 0.25) is 0 Å². The molecule has 0 bridgehead atoms. The molecular formula is C24H31N3O5. The van der Waals surface area contributed by atoms with Crippen LogP contribution in [0.3, 0.4) is 0 Å². The molecule has 2 heterocycles. The Balaban J connectivity index is 1.42. The third-order valence-corrected chi connectivity index (χ3v) is 7.11. The Labute approximate surface area is 188 Å². The summed E-state index contributed by atoms with van der Waals surface area (Å²) in [6.07, 6.45) is 5.84. The van der Waals surface area contributed by atoms with E-state index in [9.17, 15) is 19.2 Å². The van der Waals surface area contributed by atoms with Crippen molar-refractivity contribution in [2.75, 3.05) is 13.1 Å². The molecule has 3 amide bonds. The van der Waals surface area contributed by atoms with Crippen molar-refractivity contribution in [2.45, 2.75) is 63.6 Å². The largest absolute Gasteiger partial charge is 0.445 e. The molecule has 172 valence electrons. The van der Waals surface area contributed by atoms with Crippen LogP contribution in [-0.4, -0.2) is 54.3 Å². The zero-order chi connectivity index (χ0) is 22.6. The van der Waals surface area contributed by atoms with Crippen LogP contribution in [0, 0.1) is 11.3 Å². The Morgan fingerprint density at radius 1 is 1.25 bits per heavy atom. The minimum Gasteiger partial charge on any atom is -0.445 e. The molecule has 4 rings (SSSR count). The van der Waals surface area contributed by atoms with E-state index >= 15 is 0 Å². The van der Waals surface area contributed by atoms with Crippen LogP contribution in [0.15, 0.2) is 30.3 Å². The van der Waals surface area contributed by atoms with Gasteiger partial charge in [-0.3, -0.25) is 14.5 Å². The second-order valence-electron chi connectivity index (χ2n) is 9.36. The fourth-order valence-corrected chi connectivity index (χ4v) is 5.38. The Hall–Kier alpha value is -2.90. The fraction of sp³-hybridized carbons (Fsp3) is 0.583. The number of rotatable bonds is 7. The molecule has 1 aliphatic carbocycles. The normalized spacial score (nSPS) is 24.9. The summed E-state index contributed by atoms with van der Waals surface area (Å²) < 4.78 is 5.53. The molecule has 32 heavy (non-hydrogen) atoms. The van der Waals surface area contributed by atoms with Gasteiger partial charge in [0.15, 0.2) is 0 Å². The SMILES string of the molecule is O=C[C@H](C[C@@H]1CCNC1=O)NC(=O)C1CC2(CCCC2)CN1C(=O)OCc1ccccc1. The number of carbonyl (C=O) groups excluding carboxylic acids is 4. The van der Waals surface area contributed by atoms with E-state index in [0.717, 1.165) is 31.2 Å². The molecule has 2 N–H and O–H groups in total. The Kier molecular flexibility index (Phi) is 6.77. The van der Waals surface area contributed by atoms with Crippen molar-refractivity contribution >= 4 is 24.2 Å². The highest BCUT2D eigenvalue weighted by Crippen LogP contribution is 2.48. The highest BCUT2D eigenvalue weighted by atomic mass is 16.6. The van der Waals surface area contributed by atoms with Crippen molar-refractivity contribution in [1.82, 2.24) is 15.5 Å². The molecule has 3 atom stereocenters. The van der Waals surface area contributed by atoms with Gasteiger partial charge >= 0.3 is 6.09 Å². The van der Waals surface area contributed by atoms with Crippen molar-refractivity contribution in [3.63, 3.8) is 0 Å². The summed E-state index contributed by atoms with van der Waals surface area (Å²) in [5, 5.41) is 5.54. The molecule has 3 fully saturated rings. The lowest BCUT2D eigenvalue weighted by molar-refractivity contribution is -0.128. The number of amides is 3. The van der Waals surface area contributed by atoms with Crippen LogP contribution >= 0.6 is 0 Å². The standard InChI is InChI=1S/C24H31N3O5/c28-14-19(12-18-8-11-25-21(18)29)26-22(30)20-13-24(9-4-5-10-24)16-27(20)23(31)32-15-17-6-2-1-3-7-17/h1-3,6-7,14,18-20H,4-5,8-13,15-16H2,(H,25,29)(H,26,30)/t18-,19-,20?/m0/s1. The molecular weight excluding hydrogens is 410 g/mol. The van der Waals surface area contributed by atoms with E-state index in [4.69, 9.17) is 4.74 Å². The second kappa shape index (κ2) is 9.71. The first-order chi connectivity index (χ1) is 15.5. The first-order valence-corrected chi connectivity index (χ1v) is 11.5. The van der Waals surface area contributed by atoms with Crippen molar-refractivity contribution in [1.29, 1.82) is 0 Å². The quantitative estimate of drug-likeness (QED) is 0.631. The maximum absolute atomic E-state index is 13.2. The van der Waals surface area contributed by atoms with Gasteiger partial charge in [-0.25, -0.2) is 4.79 Å². The molecule has 2 aliphatic heterocycles. The van der Waals surface area contributed by atoms with Crippen LogP contribution in [0.1, 0.15) is 50.5 Å². The van der Waals surface area contributed by atoms with Gasteiger partial charge in [-0.2, -0.15) is 0 Å². The maximum atomic E-state index is 13.2. The van der Waals surface area contributed by atoms with E-state index in [1.54, 1.807) is 0 Å². The first-order valence-electron chi connectivity index (χ1n) is 11.5. The van der Waals surface area contributed by atoms with Gasteiger partial charge in [0.1, 0.15) is 18.9 Å². The van der Waals surface area contributed by atoms with Gasteiger partial charge in [0.05, 0.1) is 6.04 Å². The van der Waals surface area contributed by atoms with Gasteiger partial charge in [-0.1, -0.05) is 43.2 Å². The summed E-state index contributed by atoms with van der Waals surface area (Å²) in [7, 11) is 0. The van der Waals surface area contributed by atoms with Crippen molar-refractivity contribution in [3.8, 4) is 0 Å². The number of aldehydes is 1. The zero-order valence-electron chi connectivity index (χ0n) is 18.3. The minimum absolute atomic E-state index is 0.0597. The van der Waals surface area contributed by atoms with Gasteiger partial charge in [0, 0.05) is 19.0 Å². The Bertz CT molecular complexity index is 852. The summed E-state index contributed by atoms with van der Waals surface area (Å²) in [6, 6.07) is 8.01. The summed E-state index contributed by atoms with van der Waals surface area (Å²) in [6.45, 7) is 1.23. The molecule has 1 spiro atoms. The smallest absolute Gasteiger partial charge is 0.410 e. The molecule has 1 aromatic rings. The highest BCUT2D eigenvalue weighted by molar-refractivity contribution is 5.88. The topological polar surface area (TPSA) is 105 Å². The summed E-state index contributed by atoms with van der Waals surface area (Å²) in [5.74, 6) is -0.703. The summed E-state index contributed by atoms with van der Waals surface area (Å²) in [4.78, 5) is 51.1. The molecule has 8 nitrogen and oxygen atoms in total. The van der Waals surface area contributed by atoms with Crippen molar-refractivity contribution < 1.29 is 23.9 Å². The summed E-state index contributed by atoms with van der Waals surface area (Å²) in [5.41, 5.74) is 0.822. The molecule has 0 aromatic heterocycles. The third kappa shape index (κ3) is 4.95. The van der Waals surface area contributed by atoms with Gasteiger partial charge < -0.3 is 20.2 Å². The lowest BCUT2D eigenvalue weighted by Crippen LogP contribution is -2.50. The number of benzene rings is 1. The van der Waals surface area contributed by atoms with Gasteiger partial charge in [0.2, 0.25) is 11.8 Å². The number of nitrogens with one attached hydrogen (secondary N) is 2. The average Bonchev–Trinajstić information content (AvgIpc) is 3.53. The zero-order valence-corrected chi connectivity index (χ0v) is 18.3. The lowest BCUT2D eigenvalue weighted by Gasteiger charge is -2.25. The van der Waals surface area contributed by atoms with Crippen LogP contribution < -0.4 is 10.6 Å². The maximum Gasteiger partial charge on any atom is 0.410 e.